The Balaban J connectivity index is 2.02. The molecule has 0 N–H and O–H groups in total. The zero-order chi connectivity index (χ0) is 16.4. The Hall–Kier alpha value is -2.47. The van der Waals surface area contributed by atoms with Gasteiger partial charge in [-0.05, 0) is 38.1 Å². The molecule has 0 aliphatic heterocycles. The second-order valence-electron chi connectivity index (χ2n) is 5.12. The Labute approximate surface area is 138 Å². The molecule has 0 atom stereocenters. The fourth-order valence-electron chi connectivity index (χ4n) is 2.44. The van der Waals surface area contributed by atoms with Gasteiger partial charge < -0.3 is 8.98 Å². The Kier molecular flexibility index (Phi) is 4.25. The highest BCUT2D eigenvalue weighted by Gasteiger charge is 2.12. The van der Waals surface area contributed by atoms with Crippen LogP contribution in [0.1, 0.15) is 29.2 Å². The van der Waals surface area contributed by atoms with Crippen LogP contribution < -0.4 is 4.80 Å². The summed E-state index contributed by atoms with van der Waals surface area (Å²) in [6, 6.07) is 7.75. The summed E-state index contributed by atoms with van der Waals surface area (Å²) in [7, 11) is 0. The first-order chi connectivity index (χ1) is 11.1. The predicted molar refractivity (Wildman–Crippen MR) is 89.9 cm³/mol. The average Bonchev–Trinajstić information content (AvgIpc) is 3.16. The zero-order valence-electron chi connectivity index (χ0n) is 13.2. The fourth-order valence-corrected chi connectivity index (χ4v) is 3.55. The van der Waals surface area contributed by atoms with Gasteiger partial charge in [-0.1, -0.05) is 11.3 Å². The van der Waals surface area contributed by atoms with Gasteiger partial charge in [0.2, 0.25) is 0 Å². The number of Topliss-reactive ketones (excluding diaryl/α,β-unsaturated/α-hetero) is 1. The van der Waals surface area contributed by atoms with Gasteiger partial charge in [0.15, 0.2) is 22.7 Å². The highest BCUT2D eigenvalue weighted by atomic mass is 32.1. The summed E-state index contributed by atoms with van der Waals surface area (Å²) in [5.74, 6) is 0.808. The Bertz CT molecular complexity index is 887. The Morgan fingerprint density at radius 2 is 2.09 bits per heavy atom. The first kappa shape index (κ1) is 15.4. The van der Waals surface area contributed by atoms with Gasteiger partial charge in [0.25, 0.3) is 0 Å². The van der Waals surface area contributed by atoms with Gasteiger partial charge in [-0.2, -0.15) is 0 Å². The number of oxazole rings is 1. The van der Waals surface area contributed by atoms with E-state index in [-0.39, 0.29) is 5.78 Å². The molecule has 2 heterocycles. The number of carbonyl (C=O) groups is 1. The molecule has 0 bridgehead atoms. The lowest BCUT2D eigenvalue weighted by molar-refractivity contribution is 0.102. The molecule has 0 aliphatic rings. The van der Waals surface area contributed by atoms with Gasteiger partial charge in [0.05, 0.1) is 16.8 Å². The minimum absolute atomic E-state index is 0.0804. The smallest absolute Gasteiger partial charge is 0.190 e. The Morgan fingerprint density at radius 3 is 2.65 bits per heavy atom. The summed E-state index contributed by atoms with van der Waals surface area (Å²) in [6.07, 6.45) is 3.09. The van der Waals surface area contributed by atoms with E-state index in [4.69, 9.17) is 4.42 Å². The molecular weight excluding hydrogens is 310 g/mol. The van der Waals surface area contributed by atoms with Gasteiger partial charge in [-0.3, -0.25) is 4.79 Å². The van der Waals surface area contributed by atoms with E-state index in [0.29, 0.717) is 0 Å². The van der Waals surface area contributed by atoms with E-state index in [2.05, 4.69) is 21.5 Å². The summed E-state index contributed by atoms with van der Waals surface area (Å²) in [5, 5.41) is 0. The number of ketones is 1. The molecule has 0 fully saturated rings. The van der Waals surface area contributed by atoms with Gasteiger partial charge in [0, 0.05) is 24.7 Å². The number of hydrogen-bond donors (Lipinski definition) is 0. The van der Waals surface area contributed by atoms with Crippen molar-refractivity contribution >= 4 is 22.8 Å². The number of benzene rings is 1. The van der Waals surface area contributed by atoms with Gasteiger partial charge in [-0.25, -0.2) is 9.98 Å². The van der Waals surface area contributed by atoms with Crippen molar-refractivity contribution in [3.63, 3.8) is 0 Å². The van der Waals surface area contributed by atoms with E-state index in [0.717, 1.165) is 38.9 Å². The standard InChI is InChI=1S/C17H17N3O2S/c1-4-20-11(2)16(12(3)21)23-17(20)19-14-7-5-13(6-8-14)15-9-18-10-22-15/h5-10H,4H2,1-3H3. The van der Waals surface area contributed by atoms with Crippen LogP contribution in [0.3, 0.4) is 0 Å². The minimum Gasteiger partial charge on any atom is -0.444 e. The quantitative estimate of drug-likeness (QED) is 0.681. The highest BCUT2D eigenvalue weighted by Crippen LogP contribution is 2.22. The number of thiazole rings is 1. The van der Waals surface area contributed by atoms with E-state index < -0.39 is 0 Å². The lowest BCUT2D eigenvalue weighted by Crippen LogP contribution is -2.14. The molecule has 3 aromatic rings. The molecule has 0 unspecified atom stereocenters. The monoisotopic (exact) mass is 327 g/mol. The van der Waals surface area contributed by atoms with Crippen molar-refractivity contribution in [2.45, 2.75) is 27.3 Å². The molecule has 0 saturated heterocycles. The van der Waals surface area contributed by atoms with Gasteiger partial charge in [0.1, 0.15) is 0 Å². The van der Waals surface area contributed by atoms with Crippen LogP contribution in [-0.4, -0.2) is 15.3 Å². The second kappa shape index (κ2) is 6.34. The maximum atomic E-state index is 11.7. The third kappa shape index (κ3) is 3.03. The van der Waals surface area contributed by atoms with Crippen molar-refractivity contribution in [2.24, 2.45) is 4.99 Å². The largest absolute Gasteiger partial charge is 0.444 e. The number of aromatic nitrogens is 2. The molecule has 1 aromatic carbocycles. The summed E-state index contributed by atoms with van der Waals surface area (Å²) < 4.78 is 7.34. The van der Waals surface area contributed by atoms with E-state index in [9.17, 15) is 4.79 Å². The Morgan fingerprint density at radius 1 is 1.35 bits per heavy atom. The molecule has 6 heteroatoms. The molecule has 0 aliphatic carbocycles. The van der Waals surface area contributed by atoms with Crippen LogP contribution >= 0.6 is 11.3 Å². The average molecular weight is 327 g/mol. The maximum absolute atomic E-state index is 11.7. The molecule has 5 nitrogen and oxygen atoms in total. The first-order valence-corrected chi connectivity index (χ1v) is 8.16. The molecular formula is C17H17N3O2S. The van der Waals surface area contributed by atoms with Crippen molar-refractivity contribution in [1.82, 2.24) is 9.55 Å². The third-order valence-corrected chi connectivity index (χ3v) is 4.88. The maximum Gasteiger partial charge on any atom is 0.190 e. The zero-order valence-corrected chi connectivity index (χ0v) is 14.1. The minimum atomic E-state index is 0.0804. The molecule has 2 aromatic heterocycles. The van der Waals surface area contributed by atoms with Crippen LogP contribution in [-0.2, 0) is 6.54 Å². The normalized spacial score (nSPS) is 11.9. The van der Waals surface area contributed by atoms with Gasteiger partial charge >= 0.3 is 0 Å². The SMILES string of the molecule is CCn1c(C)c(C(C)=O)sc1=Nc1ccc(-c2cnco2)cc1. The summed E-state index contributed by atoms with van der Waals surface area (Å²) in [5.41, 5.74) is 2.77. The van der Waals surface area contributed by atoms with Crippen molar-refractivity contribution in [2.75, 3.05) is 0 Å². The van der Waals surface area contributed by atoms with Crippen LogP contribution in [0.25, 0.3) is 11.3 Å². The molecule has 118 valence electrons. The molecule has 3 rings (SSSR count). The fraction of sp³-hybridized carbons (Fsp3) is 0.235. The predicted octanol–water partition coefficient (Wildman–Crippen LogP) is 3.97. The second-order valence-corrected chi connectivity index (χ2v) is 6.10. The van der Waals surface area contributed by atoms with Crippen LogP contribution in [0.4, 0.5) is 5.69 Å². The topological polar surface area (TPSA) is 60.4 Å². The number of nitrogens with zero attached hydrogens (tertiary/aromatic N) is 3. The highest BCUT2D eigenvalue weighted by molar-refractivity contribution is 7.11. The van der Waals surface area contributed by atoms with E-state index in [1.165, 1.54) is 17.7 Å². The molecule has 0 radical (unpaired) electrons. The lowest BCUT2D eigenvalue weighted by atomic mass is 10.2. The summed E-state index contributed by atoms with van der Waals surface area (Å²) in [6.45, 7) is 6.39. The van der Waals surface area contributed by atoms with Crippen LogP contribution in [0.15, 0.2) is 46.3 Å². The lowest BCUT2D eigenvalue weighted by Gasteiger charge is -2.01. The van der Waals surface area contributed by atoms with E-state index >= 15 is 0 Å². The molecule has 0 amide bonds. The third-order valence-electron chi connectivity index (χ3n) is 3.60. The van der Waals surface area contributed by atoms with Crippen LogP contribution in [0, 0.1) is 6.92 Å². The number of carbonyl (C=O) groups excluding carboxylic acids is 1. The number of hydrogen-bond acceptors (Lipinski definition) is 5. The van der Waals surface area contributed by atoms with E-state index in [1.807, 2.05) is 31.2 Å². The van der Waals surface area contributed by atoms with Gasteiger partial charge in [-0.15, -0.1) is 0 Å². The van der Waals surface area contributed by atoms with Crippen molar-refractivity contribution in [3.05, 3.63) is 52.2 Å². The first-order valence-electron chi connectivity index (χ1n) is 7.35. The summed E-state index contributed by atoms with van der Waals surface area (Å²) in [4.78, 5) is 21.9. The van der Waals surface area contributed by atoms with Crippen molar-refractivity contribution in [3.8, 4) is 11.3 Å². The van der Waals surface area contributed by atoms with Crippen molar-refractivity contribution in [1.29, 1.82) is 0 Å². The summed E-state index contributed by atoms with van der Waals surface area (Å²) >= 11 is 1.43. The molecule has 0 saturated carbocycles. The molecule has 23 heavy (non-hydrogen) atoms. The van der Waals surface area contributed by atoms with Crippen LogP contribution in [0.2, 0.25) is 0 Å². The van der Waals surface area contributed by atoms with E-state index in [1.54, 1.807) is 13.1 Å². The van der Waals surface area contributed by atoms with Crippen molar-refractivity contribution < 1.29 is 9.21 Å². The molecule has 0 spiro atoms. The number of rotatable bonds is 4. The van der Waals surface area contributed by atoms with Crippen LogP contribution in [0.5, 0.6) is 0 Å².